The third-order valence-electron chi connectivity index (χ3n) is 2.97. The fraction of sp³-hybridized carbons (Fsp3) is 0.133. The molecule has 1 aromatic carbocycles. The minimum absolute atomic E-state index is 0.0115. The first kappa shape index (κ1) is 13.6. The van der Waals surface area contributed by atoms with Gasteiger partial charge in [0.05, 0.1) is 17.9 Å². The van der Waals surface area contributed by atoms with Crippen LogP contribution in [0, 0.1) is 0 Å². The summed E-state index contributed by atoms with van der Waals surface area (Å²) >= 11 is 1.50. The van der Waals surface area contributed by atoms with Crippen LogP contribution in [0.4, 0.5) is 11.5 Å². The number of amides is 2. The predicted octanol–water partition coefficient (Wildman–Crippen LogP) is 2.31. The van der Waals surface area contributed by atoms with Gasteiger partial charge < -0.3 is 10.6 Å². The molecule has 0 saturated carbocycles. The summed E-state index contributed by atoms with van der Waals surface area (Å²) in [6, 6.07) is 11.0. The summed E-state index contributed by atoms with van der Waals surface area (Å²) in [6.45, 7) is 0. The number of nitrogens with one attached hydrogen (secondary N) is 2. The number of carbonyl (C=O) groups is 2. The van der Waals surface area contributed by atoms with E-state index in [-0.39, 0.29) is 18.2 Å². The molecular weight excluding hydrogens is 286 g/mol. The van der Waals surface area contributed by atoms with Gasteiger partial charge in [0.2, 0.25) is 11.8 Å². The van der Waals surface area contributed by atoms with Crippen molar-refractivity contribution in [3.8, 4) is 0 Å². The average Bonchev–Trinajstić information content (AvgIpc) is 2.47. The van der Waals surface area contributed by atoms with Crippen molar-refractivity contribution in [1.29, 1.82) is 0 Å². The van der Waals surface area contributed by atoms with Crippen LogP contribution in [0.1, 0.15) is 5.56 Å². The van der Waals surface area contributed by atoms with E-state index in [4.69, 9.17) is 0 Å². The normalized spacial score (nSPS) is 13.2. The third kappa shape index (κ3) is 3.41. The zero-order chi connectivity index (χ0) is 14.7. The Morgan fingerprint density at radius 1 is 1.33 bits per heavy atom. The highest BCUT2D eigenvalue weighted by molar-refractivity contribution is 8.00. The zero-order valence-electron chi connectivity index (χ0n) is 11.1. The number of hydrogen-bond acceptors (Lipinski definition) is 4. The van der Waals surface area contributed by atoms with Gasteiger partial charge in [-0.2, -0.15) is 0 Å². The molecule has 0 unspecified atom stereocenters. The lowest BCUT2D eigenvalue weighted by molar-refractivity contribution is -0.115. The molecule has 0 saturated heterocycles. The Bertz CT molecular complexity index is 689. The van der Waals surface area contributed by atoms with Crippen LogP contribution in [-0.4, -0.2) is 22.6 Å². The monoisotopic (exact) mass is 299 g/mol. The molecule has 3 rings (SSSR count). The molecule has 0 bridgehead atoms. The molecule has 2 amide bonds. The van der Waals surface area contributed by atoms with E-state index in [1.54, 1.807) is 18.3 Å². The number of anilines is 2. The Labute approximate surface area is 126 Å². The molecule has 1 aliphatic rings. The Morgan fingerprint density at radius 2 is 2.24 bits per heavy atom. The van der Waals surface area contributed by atoms with Gasteiger partial charge in [0.25, 0.3) is 0 Å². The number of rotatable bonds is 3. The van der Waals surface area contributed by atoms with E-state index in [0.717, 1.165) is 16.1 Å². The van der Waals surface area contributed by atoms with Crippen LogP contribution in [0.3, 0.4) is 0 Å². The van der Waals surface area contributed by atoms with Crippen molar-refractivity contribution in [2.45, 2.75) is 11.3 Å². The molecule has 0 aliphatic carbocycles. The van der Waals surface area contributed by atoms with Gasteiger partial charge in [0, 0.05) is 11.1 Å². The number of pyridine rings is 1. The molecule has 1 aliphatic heterocycles. The third-order valence-corrected chi connectivity index (χ3v) is 4.05. The Morgan fingerprint density at radius 3 is 3.05 bits per heavy atom. The summed E-state index contributed by atoms with van der Waals surface area (Å²) in [6.07, 6.45) is 1.87. The van der Waals surface area contributed by atoms with Crippen LogP contribution in [0.2, 0.25) is 0 Å². The molecule has 2 aromatic rings. The molecule has 2 N–H and O–H groups in total. The average molecular weight is 299 g/mol. The molecular formula is C15H13N3O2S. The van der Waals surface area contributed by atoms with Gasteiger partial charge >= 0.3 is 0 Å². The van der Waals surface area contributed by atoms with Crippen molar-refractivity contribution in [1.82, 2.24) is 4.98 Å². The van der Waals surface area contributed by atoms with Crippen LogP contribution in [0.15, 0.2) is 47.5 Å². The van der Waals surface area contributed by atoms with Crippen molar-refractivity contribution in [3.63, 3.8) is 0 Å². The first-order valence-corrected chi connectivity index (χ1v) is 7.46. The van der Waals surface area contributed by atoms with Gasteiger partial charge in [-0.05, 0) is 29.8 Å². The van der Waals surface area contributed by atoms with Crippen LogP contribution in [0.25, 0.3) is 0 Å². The molecule has 21 heavy (non-hydrogen) atoms. The second kappa shape index (κ2) is 5.97. The Hall–Kier alpha value is -2.34. The van der Waals surface area contributed by atoms with Gasteiger partial charge in [-0.15, -0.1) is 11.8 Å². The highest BCUT2D eigenvalue weighted by Crippen LogP contribution is 2.32. The van der Waals surface area contributed by atoms with Gasteiger partial charge in [0.1, 0.15) is 5.82 Å². The van der Waals surface area contributed by atoms with E-state index in [9.17, 15) is 9.59 Å². The molecule has 0 fully saturated rings. The summed E-state index contributed by atoms with van der Waals surface area (Å²) in [5, 5.41) is 5.56. The number of hydrogen-bond donors (Lipinski definition) is 2. The summed E-state index contributed by atoms with van der Waals surface area (Å²) < 4.78 is 0. The summed E-state index contributed by atoms with van der Waals surface area (Å²) in [5.74, 6) is 0.822. The van der Waals surface area contributed by atoms with Gasteiger partial charge in [-0.25, -0.2) is 4.98 Å². The van der Waals surface area contributed by atoms with Crippen molar-refractivity contribution >= 4 is 35.1 Å². The van der Waals surface area contributed by atoms with Crippen LogP contribution in [0.5, 0.6) is 0 Å². The molecule has 0 radical (unpaired) electrons. The highest BCUT2D eigenvalue weighted by Gasteiger charge is 2.16. The lowest BCUT2D eigenvalue weighted by Gasteiger charge is -2.17. The van der Waals surface area contributed by atoms with Crippen LogP contribution < -0.4 is 10.6 Å². The topological polar surface area (TPSA) is 71.1 Å². The van der Waals surface area contributed by atoms with E-state index < -0.39 is 0 Å². The van der Waals surface area contributed by atoms with Crippen LogP contribution in [-0.2, 0) is 16.0 Å². The molecule has 106 valence electrons. The molecule has 0 spiro atoms. The SMILES string of the molecule is O=C(Cc1ccc2c(c1)NC(=O)CS2)Nc1ccccn1. The first-order valence-electron chi connectivity index (χ1n) is 6.47. The van der Waals surface area contributed by atoms with Crippen molar-refractivity contribution in [3.05, 3.63) is 48.2 Å². The molecule has 5 nitrogen and oxygen atoms in total. The van der Waals surface area contributed by atoms with E-state index in [1.807, 2.05) is 24.3 Å². The van der Waals surface area contributed by atoms with Gasteiger partial charge in [-0.3, -0.25) is 9.59 Å². The lowest BCUT2D eigenvalue weighted by atomic mass is 10.1. The number of benzene rings is 1. The second-order valence-electron chi connectivity index (χ2n) is 4.61. The van der Waals surface area contributed by atoms with E-state index in [1.165, 1.54) is 11.8 Å². The zero-order valence-corrected chi connectivity index (χ0v) is 11.9. The van der Waals surface area contributed by atoms with Gasteiger partial charge in [0.15, 0.2) is 0 Å². The molecule has 6 heteroatoms. The smallest absolute Gasteiger partial charge is 0.234 e. The maximum Gasteiger partial charge on any atom is 0.234 e. The Balaban J connectivity index is 1.69. The number of fused-ring (bicyclic) bond motifs is 1. The number of carbonyl (C=O) groups excluding carboxylic acids is 2. The summed E-state index contributed by atoms with van der Waals surface area (Å²) in [5.41, 5.74) is 1.63. The molecule has 0 atom stereocenters. The number of aromatic nitrogens is 1. The second-order valence-corrected chi connectivity index (χ2v) is 5.62. The summed E-state index contributed by atoms with van der Waals surface area (Å²) in [4.78, 5) is 28.4. The first-order chi connectivity index (χ1) is 10.2. The van der Waals surface area contributed by atoms with E-state index >= 15 is 0 Å². The standard InChI is InChI=1S/C15H13N3O2S/c19-14(18-13-3-1-2-6-16-13)8-10-4-5-12-11(7-10)17-15(20)9-21-12/h1-7H,8-9H2,(H,17,20)(H,16,18,19). The summed E-state index contributed by atoms with van der Waals surface area (Å²) in [7, 11) is 0. The number of thioether (sulfide) groups is 1. The maximum absolute atomic E-state index is 12.0. The van der Waals surface area contributed by atoms with Crippen molar-refractivity contribution < 1.29 is 9.59 Å². The van der Waals surface area contributed by atoms with Crippen LogP contribution >= 0.6 is 11.8 Å². The maximum atomic E-state index is 12.0. The number of nitrogens with zero attached hydrogens (tertiary/aromatic N) is 1. The Kier molecular flexibility index (Phi) is 3.87. The van der Waals surface area contributed by atoms with Gasteiger partial charge in [-0.1, -0.05) is 12.1 Å². The highest BCUT2D eigenvalue weighted by atomic mass is 32.2. The van der Waals surface area contributed by atoms with E-state index in [2.05, 4.69) is 15.6 Å². The largest absolute Gasteiger partial charge is 0.324 e. The van der Waals surface area contributed by atoms with Crippen molar-refractivity contribution in [2.75, 3.05) is 16.4 Å². The fourth-order valence-corrected chi connectivity index (χ4v) is 2.84. The minimum Gasteiger partial charge on any atom is -0.324 e. The van der Waals surface area contributed by atoms with E-state index in [0.29, 0.717) is 11.6 Å². The lowest BCUT2D eigenvalue weighted by Crippen LogP contribution is -2.19. The molecule has 2 heterocycles. The predicted molar refractivity (Wildman–Crippen MR) is 82.4 cm³/mol. The van der Waals surface area contributed by atoms with Crippen molar-refractivity contribution in [2.24, 2.45) is 0 Å². The molecule has 1 aromatic heterocycles. The minimum atomic E-state index is -0.136. The quantitative estimate of drug-likeness (QED) is 0.912. The fourth-order valence-electron chi connectivity index (χ4n) is 2.05.